The second-order valence-electron chi connectivity index (χ2n) is 5.58. The zero-order valence-electron chi connectivity index (χ0n) is 12.6. The number of aryl methyl sites for hydroxylation is 1. The van der Waals surface area contributed by atoms with Crippen molar-refractivity contribution in [1.29, 1.82) is 0 Å². The van der Waals surface area contributed by atoms with Gasteiger partial charge in [0, 0.05) is 58.1 Å². The van der Waals surface area contributed by atoms with Gasteiger partial charge in [-0.05, 0) is 18.2 Å². The van der Waals surface area contributed by atoms with E-state index in [-0.39, 0.29) is 0 Å². The third-order valence-electron chi connectivity index (χ3n) is 4.26. The number of para-hydroxylation sites is 2. The van der Waals surface area contributed by atoms with E-state index in [1.165, 1.54) is 11.4 Å². The Balaban J connectivity index is 1.51. The first-order chi connectivity index (χ1) is 10.2. The zero-order chi connectivity index (χ0) is 14.7. The number of piperazine rings is 1. The highest BCUT2D eigenvalue weighted by Gasteiger charge is 2.18. The monoisotopic (exact) mass is 285 g/mol. The minimum Gasteiger partial charge on any atom is -0.397 e. The molecule has 1 saturated heterocycles. The molecule has 0 saturated carbocycles. The van der Waals surface area contributed by atoms with Crippen LogP contribution in [0.15, 0.2) is 36.5 Å². The average Bonchev–Trinajstić information content (AvgIpc) is 2.92. The maximum absolute atomic E-state index is 6.06. The molecule has 1 aliphatic heterocycles. The summed E-state index contributed by atoms with van der Waals surface area (Å²) in [7, 11) is 2.01. The average molecular weight is 285 g/mol. The number of nitrogen functional groups attached to an aromatic ring is 1. The Labute approximate surface area is 126 Å². The molecule has 0 amide bonds. The molecule has 1 aromatic heterocycles. The lowest BCUT2D eigenvalue weighted by atomic mass is 10.2. The van der Waals surface area contributed by atoms with Crippen LogP contribution in [-0.2, 0) is 13.5 Å². The number of aromatic nitrogens is 2. The maximum atomic E-state index is 6.06. The van der Waals surface area contributed by atoms with Gasteiger partial charge >= 0.3 is 0 Å². The van der Waals surface area contributed by atoms with E-state index in [1.54, 1.807) is 0 Å². The van der Waals surface area contributed by atoms with Crippen LogP contribution in [-0.4, -0.2) is 47.4 Å². The molecule has 5 heteroatoms. The Bertz CT molecular complexity index is 584. The molecule has 112 valence electrons. The van der Waals surface area contributed by atoms with Crippen LogP contribution in [0.2, 0.25) is 0 Å². The Morgan fingerprint density at radius 1 is 1.10 bits per heavy atom. The number of hydrogen-bond acceptors (Lipinski definition) is 4. The fourth-order valence-corrected chi connectivity index (χ4v) is 2.91. The molecule has 2 aromatic rings. The van der Waals surface area contributed by atoms with E-state index in [1.807, 2.05) is 30.1 Å². The fourth-order valence-electron chi connectivity index (χ4n) is 2.91. The lowest BCUT2D eigenvalue weighted by Crippen LogP contribution is -2.47. The van der Waals surface area contributed by atoms with Crippen molar-refractivity contribution in [3.63, 3.8) is 0 Å². The smallest absolute Gasteiger partial charge is 0.0600 e. The summed E-state index contributed by atoms with van der Waals surface area (Å²) in [6, 6.07) is 10.2. The number of hydrogen-bond donors (Lipinski definition) is 1. The van der Waals surface area contributed by atoms with Crippen molar-refractivity contribution in [1.82, 2.24) is 14.7 Å². The molecule has 1 aliphatic rings. The summed E-state index contributed by atoms with van der Waals surface area (Å²) in [6.45, 7) is 5.36. The van der Waals surface area contributed by atoms with Gasteiger partial charge in [-0.2, -0.15) is 5.10 Å². The van der Waals surface area contributed by atoms with E-state index in [0.717, 1.165) is 44.8 Å². The summed E-state index contributed by atoms with van der Waals surface area (Å²) in [5, 5.41) is 4.22. The van der Waals surface area contributed by atoms with Crippen molar-refractivity contribution >= 4 is 11.4 Å². The fraction of sp³-hybridized carbons (Fsp3) is 0.438. The second kappa shape index (κ2) is 6.18. The predicted octanol–water partition coefficient (Wildman–Crippen LogP) is 1.37. The third kappa shape index (κ3) is 3.19. The minimum atomic E-state index is 0.876. The molecule has 1 fully saturated rings. The van der Waals surface area contributed by atoms with Crippen LogP contribution in [0.5, 0.6) is 0 Å². The summed E-state index contributed by atoms with van der Waals surface area (Å²) in [5.41, 5.74) is 9.40. The van der Waals surface area contributed by atoms with Crippen molar-refractivity contribution in [2.45, 2.75) is 6.42 Å². The van der Waals surface area contributed by atoms with E-state index >= 15 is 0 Å². The molecule has 0 unspecified atom stereocenters. The Kier molecular flexibility index (Phi) is 4.10. The molecule has 2 heterocycles. The van der Waals surface area contributed by atoms with Gasteiger partial charge < -0.3 is 10.6 Å². The van der Waals surface area contributed by atoms with Crippen LogP contribution in [0.1, 0.15) is 5.69 Å². The molecule has 21 heavy (non-hydrogen) atoms. The van der Waals surface area contributed by atoms with E-state index < -0.39 is 0 Å². The summed E-state index contributed by atoms with van der Waals surface area (Å²) >= 11 is 0. The molecule has 1 aromatic carbocycles. The highest BCUT2D eigenvalue weighted by molar-refractivity contribution is 5.67. The van der Waals surface area contributed by atoms with Crippen LogP contribution < -0.4 is 10.6 Å². The summed E-state index contributed by atoms with van der Waals surface area (Å²) in [4.78, 5) is 4.90. The van der Waals surface area contributed by atoms with Gasteiger partial charge in [-0.1, -0.05) is 12.1 Å². The molecule has 0 radical (unpaired) electrons. The number of nitrogens with zero attached hydrogens (tertiary/aromatic N) is 4. The first-order valence-electron chi connectivity index (χ1n) is 7.53. The lowest BCUT2D eigenvalue weighted by Gasteiger charge is -2.36. The van der Waals surface area contributed by atoms with E-state index in [2.05, 4.69) is 33.1 Å². The number of rotatable bonds is 4. The van der Waals surface area contributed by atoms with Gasteiger partial charge in [0.2, 0.25) is 0 Å². The Morgan fingerprint density at radius 3 is 2.52 bits per heavy atom. The van der Waals surface area contributed by atoms with Crippen LogP contribution in [0, 0.1) is 0 Å². The minimum absolute atomic E-state index is 0.876. The van der Waals surface area contributed by atoms with Crippen molar-refractivity contribution in [3.05, 3.63) is 42.2 Å². The number of benzene rings is 1. The van der Waals surface area contributed by atoms with Gasteiger partial charge in [0.25, 0.3) is 0 Å². The summed E-state index contributed by atoms with van der Waals surface area (Å²) in [5.74, 6) is 0. The summed E-state index contributed by atoms with van der Waals surface area (Å²) < 4.78 is 1.96. The van der Waals surface area contributed by atoms with Gasteiger partial charge in [0.05, 0.1) is 11.4 Å². The van der Waals surface area contributed by atoms with Gasteiger partial charge in [-0.25, -0.2) is 0 Å². The topological polar surface area (TPSA) is 50.3 Å². The van der Waals surface area contributed by atoms with Gasteiger partial charge in [0.1, 0.15) is 0 Å². The van der Waals surface area contributed by atoms with Crippen molar-refractivity contribution in [3.8, 4) is 0 Å². The van der Waals surface area contributed by atoms with Crippen LogP contribution >= 0.6 is 0 Å². The second-order valence-corrected chi connectivity index (χ2v) is 5.58. The molecular formula is C16H23N5. The molecule has 0 bridgehead atoms. The standard InChI is InChI=1S/C16H23N5/c1-19-14(6-8-18-19)7-9-20-10-12-21(13-11-20)16-5-3-2-4-15(16)17/h2-6,8H,7,9-13,17H2,1H3. The van der Waals surface area contributed by atoms with E-state index in [0.29, 0.717) is 0 Å². The van der Waals surface area contributed by atoms with E-state index in [9.17, 15) is 0 Å². The quantitative estimate of drug-likeness (QED) is 0.862. The molecule has 0 spiro atoms. The largest absolute Gasteiger partial charge is 0.397 e. The van der Waals surface area contributed by atoms with Crippen molar-refractivity contribution in [2.75, 3.05) is 43.4 Å². The van der Waals surface area contributed by atoms with Gasteiger partial charge in [-0.15, -0.1) is 0 Å². The number of anilines is 2. The van der Waals surface area contributed by atoms with Crippen molar-refractivity contribution in [2.24, 2.45) is 7.05 Å². The first kappa shape index (κ1) is 13.9. The molecule has 3 rings (SSSR count). The van der Waals surface area contributed by atoms with Gasteiger partial charge in [-0.3, -0.25) is 9.58 Å². The van der Waals surface area contributed by atoms with Gasteiger partial charge in [0.15, 0.2) is 0 Å². The normalized spacial score (nSPS) is 16.3. The van der Waals surface area contributed by atoms with Crippen molar-refractivity contribution < 1.29 is 0 Å². The molecule has 2 N–H and O–H groups in total. The first-order valence-corrected chi connectivity index (χ1v) is 7.53. The molecule has 0 aliphatic carbocycles. The molecule has 5 nitrogen and oxygen atoms in total. The highest BCUT2D eigenvalue weighted by Crippen LogP contribution is 2.23. The zero-order valence-corrected chi connectivity index (χ0v) is 12.6. The predicted molar refractivity (Wildman–Crippen MR) is 86.4 cm³/mol. The van der Waals surface area contributed by atoms with E-state index in [4.69, 9.17) is 5.73 Å². The highest BCUT2D eigenvalue weighted by atomic mass is 15.3. The lowest BCUT2D eigenvalue weighted by molar-refractivity contribution is 0.259. The van der Waals surface area contributed by atoms with Crippen LogP contribution in [0.25, 0.3) is 0 Å². The summed E-state index contributed by atoms with van der Waals surface area (Å²) in [6.07, 6.45) is 2.93. The maximum Gasteiger partial charge on any atom is 0.0600 e. The molecule has 0 atom stereocenters. The molecular weight excluding hydrogens is 262 g/mol. The number of nitrogens with two attached hydrogens (primary N) is 1. The Hall–Kier alpha value is -2.01. The SMILES string of the molecule is Cn1nccc1CCN1CCN(c2ccccc2N)CC1. The van der Waals surface area contributed by atoms with Crippen LogP contribution in [0.4, 0.5) is 11.4 Å². The third-order valence-corrected chi connectivity index (χ3v) is 4.26. The Morgan fingerprint density at radius 2 is 1.86 bits per heavy atom. The van der Waals surface area contributed by atoms with Crippen LogP contribution in [0.3, 0.4) is 0 Å².